The van der Waals surface area contributed by atoms with Gasteiger partial charge in [-0.3, -0.25) is 4.79 Å². The fraction of sp³-hybridized carbons (Fsp3) is 0.0435. The quantitative estimate of drug-likeness (QED) is 0.518. The average Bonchev–Trinajstić information content (AvgIpc) is 3.29. The van der Waals surface area contributed by atoms with Crippen LogP contribution in [0, 0.1) is 0 Å². The van der Waals surface area contributed by atoms with Crippen molar-refractivity contribution in [2.75, 3.05) is 0 Å². The van der Waals surface area contributed by atoms with Crippen molar-refractivity contribution in [1.82, 2.24) is 20.1 Å². The number of carbonyl (C=O) groups is 2. The Labute approximate surface area is 172 Å². The maximum atomic E-state index is 12.4. The zero-order chi connectivity index (χ0) is 20.9. The minimum Gasteiger partial charge on any atom is -0.478 e. The number of benzene rings is 2. The summed E-state index contributed by atoms with van der Waals surface area (Å²) in [5.41, 5.74) is 3.72. The highest BCUT2D eigenvalue weighted by atomic mass is 16.4. The molecule has 0 radical (unpaired) electrons. The molecule has 2 aromatic carbocycles. The first-order chi connectivity index (χ1) is 14.6. The van der Waals surface area contributed by atoms with Crippen LogP contribution in [0.25, 0.3) is 16.9 Å². The molecule has 0 unspecified atom stereocenters. The first kappa shape index (κ1) is 19.1. The maximum Gasteiger partial charge on any atom is 0.337 e. The van der Waals surface area contributed by atoms with E-state index in [4.69, 9.17) is 5.11 Å². The van der Waals surface area contributed by atoms with E-state index in [0.717, 1.165) is 16.7 Å². The second-order valence-corrected chi connectivity index (χ2v) is 6.63. The number of carboxylic acid groups (broad SMARTS) is 1. The fourth-order valence-corrected chi connectivity index (χ4v) is 2.94. The molecular formula is C23H18N4O3. The molecule has 7 nitrogen and oxygen atoms in total. The molecule has 0 bridgehead atoms. The van der Waals surface area contributed by atoms with Gasteiger partial charge in [-0.05, 0) is 28.8 Å². The summed E-state index contributed by atoms with van der Waals surface area (Å²) in [5.74, 6) is -0.877. The summed E-state index contributed by atoms with van der Waals surface area (Å²) in [6, 6.07) is 21.1. The van der Waals surface area contributed by atoms with Gasteiger partial charge in [0.25, 0.3) is 5.91 Å². The van der Waals surface area contributed by atoms with Crippen LogP contribution in [0.1, 0.15) is 26.3 Å². The Morgan fingerprint density at radius 2 is 1.60 bits per heavy atom. The molecule has 4 rings (SSSR count). The highest BCUT2D eigenvalue weighted by molar-refractivity contribution is 5.93. The third-order valence-electron chi connectivity index (χ3n) is 4.59. The van der Waals surface area contributed by atoms with E-state index in [1.165, 1.54) is 29.2 Å². The number of aromatic nitrogens is 3. The van der Waals surface area contributed by atoms with Crippen molar-refractivity contribution in [1.29, 1.82) is 0 Å². The van der Waals surface area contributed by atoms with Crippen LogP contribution in [0.5, 0.6) is 0 Å². The lowest BCUT2D eigenvalue weighted by atomic mass is 10.0. The molecule has 7 heteroatoms. The highest BCUT2D eigenvalue weighted by Crippen LogP contribution is 2.19. The van der Waals surface area contributed by atoms with Crippen LogP contribution < -0.4 is 5.32 Å². The molecule has 0 saturated heterocycles. The molecule has 0 aliphatic carbocycles. The smallest absolute Gasteiger partial charge is 0.337 e. The first-order valence-corrected chi connectivity index (χ1v) is 9.27. The summed E-state index contributed by atoms with van der Waals surface area (Å²) in [6.45, 7) is 0.393. The summed E-state index contributed by atoms with van der Waals surface area (Å²) in [6.07, 6.45) is 4.25. The van der Waals surface area contributed by atoms with E-state index in [-0.39, 0.29) is 11.5 Å². The van der Waals surface area contributed by atoms with Crippen LogP contribution >= 0.6 is 0 Å². The van der Waals surface area contributed by atoms with Gasteiger partial charge in [-0.25, -0.2) is 14.5 Å². The Hall–Kier alpha value is -4.26. The number of nitrogens with zero attached hydrogens (tertiary/aromatic N) is 3. The summed E-state index contributed by atoms with van der Waals surface area (Å²) in [4.78, 5) is 27.4. The first-order valence-electron chi connectivity index (χ1n) is 9.27. The van der Waals surface area contributed by atoms with Gasteiger partial charge in [-0.15, -0.1) is 0 Å². The molecule has 4 aromatic rings. The molecule has 0 spiro atoms. The molecular weight excluding hydrogens is 380 g/mol. The third-order valence-corrected chi connectivity index (χ3v) is 4.59. The fourth-order valence-electron chi connectivity index (χ4n) is 2.94. The monoisotopic (exact) mass is 398 g/mol. The van der Waals surface area contributed by atoms with Crippen LogP contribution in [-0.2, 0) is 6.54 Å². The SMILES string of the molecule is O=C(O)c1ccc(-n2cc(C(=O)NCc3ccc(-c4ccccc4)cc3)cn2)nc1. The number of pyridine rings is 1. The Kier molecular flexibility index (Phi) is 5.34. The van der Waals surface area contributed by atoms with Gasteiger partial charge < -0.3 is 10.4 Å². The molecule has 0 aliphatic rings. The highest BCUT2D eigenvalue weighted by Gasteiger charge is 2.11. The minimum atomic E-state index is -1.05. The predicted molar refractivity (Wildman–Crippen MR) is 111 cm³/mol. The number of carbonyl (C=O) groups excluding carboxylic acids is 1. The Morgan fingerprint density at radius 1 is 0.867 bits per heavy atom. The van der Waals surface area contributed by atoms with Gasteiger partial charge in [0.2, 0.25) is 0 Å². The summed E-state index contributed by atoms with van der Waals surface area (Å²) in [5, 5.41) is 15.9. The zero-order valence-corrected chi connectivity index (χ0v) is 15.9. The van der Waals surface area contributed by atoms with Gasteiger partial charge in [0.1, 0.15) is 0 Å². The number of amides is 1. The number of hydrogen-bond donors (Lipinski definition) is 2. The molecule has 30 heavy (non-hydrogen) atoms. The van der Waals surface area contributed by atoms with Crippen LogP contribution in [0.4, 0.5) is 0 Å². The molecule has 2 aromatic heterocycles. The van der Waals surface area contributed by atoms with Gasteiger partial charge in [0, 0.05) is 18.9 Å². The number of carboxylic acids is 1. The van der Waals surface area contributed by atoms with Crippen LogP contribution in [0.3, 0.4) is 0 Å². The Bertz CT molecular complexity index is 1170. The topological polar surface area (TPSA) is 97.1 Å². The van der Waals surface area contributed by atoms with Gasteiger partial charge >= 0.3 is 5.97 Å². The molecule has 0 saturated carbocycles. The average molecular weight is 398 g/mol. The van der Waals surface area contributed by atoms with E-state index in [9.17, 15) is 9.59 Å². The normalized spacial score (nSPS) is 10.5. The van der Waals surface area contributed by atoms with Crippen molar-refractivity contribution in [3.05, 3.63) is 102 Å². The van der Waals surface area contributed by atoms with Gasteiger partial charge in [0.15, 0.2) is 5.82 Å². The standard InChI is InChI=1S/C23H18N4O3/c28-22(20-14-26-27(15-20)21-11-10-19(13-24-21)23(29)30)25-12-16-6-8-18(9-7-16)17-4-2-1-3-5-17/h1-11,13-15H,12H2,(H,25,28)(H,29,30). The minimum absolute atomic E-state index is 0.0853. The van der Waals surface area contributed by atoms with Gasteiger partial charge in [0.05, 0.1) is 17.3 Å². The summed E-state index contributed by atoms with van der Waals surface area (Å²) >= 11 is 0. The second kappa shape index (κ2) is 8.40. The second-order valence-electron chi connectivity index (χ2n) is 6.63. The molecule has 148 valence electrons. The van der Waals surface area contributed by atoms with Crippen molar-refractivity contribution in [2.45, 2.75) is 6.54 Å². The van der Waals surface area contributed by atoms with E-state index < -0.39 is 5.97 Å². The summed E-state index contributed by atoms with van der Waals surface area (Å²) < 4.78 is 1.43. The van der Waals surface area contributed by atoms with Gasteiger partial charge in [-0.2, -0.15) is 5.10 Å². The van der Waals surface area contributed by atoms with Crippen LogP contribution in [-0.4, -0.2) is 31.7 Å². The predicted octanol–water partition coefficient (Wildman–Crippen LogP) is 3.56. The molecule has 2 N–H and O–H groups in total. The number of rotatable bonds is 6. The van der Waals surface area contributed by atoms with Crippen molar-refractivity contribution in [3.63, 3.8) is 0 Å². The molecule has 0 fully saturated rings. The Morgan fingerprint density at radius 3 is 2.27 bits per heavy atom. The maximum absolute atomic E-state index is 12.4. The summed E-state index contributed by atoms with van der Waals surface area (Å²) in [7, 11) is 0. The van der Waals surface area contributed by atoms with Crippen molar-refractivity contribution >= 4 is 11.9 Å². The molecule has 1 amide bonds. The lowest BCUT2D eigenvalue weighted by Gasteiger charge is -2.06. The number of aromatic carboxylic acids is 1. The van der Waals surface area contributed by atoms with Crippen molar-refractivity contribution in [3.8, 4) is 16.9 Å². The molecule has 0 atom stereocenters. The van der Waals surface area contributed by atoms with Gasteiger partial charge in [-0.1, -0.05) is 54.6 Å². The Balaban J connectivity index is 1.38. The molecule has 2 heterocycles. The van der Waals surface area contributed by atoms with E-state index in [0.29, 0.717) is 17.9 Å². The number of hydrogen-bond acceptors (Lipinski definition) is 4. The molecule has 0 aliphatic heterocycles. The van der Waals surface area contributed by atoms with E-state index in [1.54, 1.807) is 6.20 Å². The third kappa shape index (κ3) is 4.25. The lowest BCUT2D eigenvalue weighted by molar-refractivity contribution is 0.0696. The van der Waals surface area contributed by atoms with E-state index in [2.05, 4.69) is 27.5 Å². The van der Waals surface area contributed by atoms with E-state index >= 15 is 0 Å². The largest absolute Gasteiger partial charge is 0.478 e. The van der Waals surface area contributed by atoms with Crippen LogP contribution in [0.15, 0.2) is 85.3 Å². The van der Waals surface area contributed by atoms with Crippen molar-refractivity contribution < 1.29 is 14.7 Å². The van der Waals surface area contributed by atoms with Crippen LogP contribution in [0.2, 0.25) is 0 Å². The zero-order valence-electron chi connectivity index (χ0n) is 15.9. The van der Waals surface area contributed by atoms with Crippen molar-refractivity contribution in [2.24, 2.45) is 0 Å². The van der Waals surface area contributed by atoms with E-state index in [1.807, 2.05) is 42.5 Å². The number of nitrogens with one attached hydrogen (secondary N) is 1. The lowest BCUT2D eigenvalue weighted by Crippen LogP contribution is -2.22.